The fourth-order valence-corrected chi connectivity index (χ4v) is 4.02. The van der Waals surface area contributed by atoms with E-state index in [1.807, 2.05) is 30.5 Å². The molecule has 0 saturated heterocycles. The number of para-hydroxylation sites is 1. The maximum Gasteiger partial charge on any atom is 0.407 e. The molecule has 1 unspecified atom stereocenters. The van der Waals surface area contributed by atoms with Crippen LogP contribution in [-0.4, -0.2) is 40.3 Å². The summed E-state index contributed by atoms with van der Waals surface area (Å²) in [6, 6.07) is 13.8. The van der Waals surface area contributed by atoms with Gasteiger partial charge in [-0.2, -0.15) is 0 Å². The van der Waals surface area contributed by atoms with E-state index in [1.165, 1.54) is 12.1 Å². The Balaban J connectivity index is 1.79. The highest BCUT2D eigenvalue weighted by atomic mass is 19.1. The monoisotopic (exact) mass is 483 g/mol. The lowest BCUT2D eigenvalue weighted by Gasteiger charge is -2.27. The van der Waals surface area contributed by atoms with Gasteiger partial charge < -0.3 is 25.5 Å². The lowest BCUT2D eigenvalue weighted by Crippen LogP contribution is -2.44. The molecule has 35 heavy (non-hydrogen) atoms. The van der Waals surface area contributed by atoms with E-state index in [9.17, 15) is 19.1 Å². The van der Waals surface area contributed by atoms with E-state index in [0.717, 1.165) is 22.0 Å². The number of aliphatic carboxylic acids is 1. The number of nitrogens with one attached hydrogen (secondary N) is 3. The van der Waals surface area contributed by atoms with E-state index in [4.69, 9.17) is 4.74 Å². The predicted molar refractivity (Wildman–Crippen MR) is 134 cm³/mol. The Bertz CT molecular complexity index is 1120. The van der Waals surface area contributed by atoms with Crippen LogP contribution in [0.5, 0.6) is 0 Å². The first-order valence-electron chi connectivity index (χ1n) is 11.9. The molecule has 1 heterocycles. The number of carboxylic acid groups (broad SMARTS) is 1. The van der Waals surface area contributed by atoms with Crippen LogP contribution in [0.15, 0.2) is 54.7 Å². The van der Waals surface area contributed by atoms with Crippen LogP contribution < -0.4 is 10.6 Å². The number of hydrogen-bond acceptors (Lipinski definition) is 4. The smallest absolute Gasteiger partial charge is 0.407 e. The van der Waals surface area contributed by atoms with Crippen molar-refractivity contribution in [1.29, 1.82) is 0 Å². The average Bonchev–Trinajstić information content (AvgIpc) is 3.22. The Kier molecular flexibility index (Phi) is 8.87. The third-order valence-corrected chi connectivity index (χ3v) is 5.67. The molecular weight excluding hydrogens is 449 g/mol. The predicted octanol–water partition coefficient (Wildman–Crippen LogP) is 5.33. The molecule has 2 aromatic carbocycles. The van der Waals surface area contributed by atoms with Gasteiger partial charge in [0, 0.05) is 42.1 Å². The van der Waals surface area contributed by atoms with Gasteiger partial charge in [-0.05, 0) is 69.4 Å². The summed E-state index contributed by atoms with van der Waals surface area (Å²) in [6.07, 6.45) is 3.08. The summed E-state index contributed by atoms with van der Waals surface area (Å²) in [7, 11) is 0. The Labute approximate surface area is 205 Å². The summed E-state index contributed by atoms with van der Waals surface area (Å²) in [4.78, 5) is 26.9. The number of carbonyl (C=O) groups is 2. The molecule has 188 valence electrons. The van der Waals surface area contributed by atoms with Gasteiger partial charge in [0.15, 0.2) is 0 Å². The van der Waals surface area contributed by atoms with Crippen LogP contribution in [0.2, 0.25) is 0 Å². The standard InChI is InChI=1S/C27H34FN3O4/c1-27(2,3)35-26(34)30-16-20(13-10-18-8-11-19(28)12-9-18)31-24(14-15-25(32)33)22-17-29-23-7-5-4-6-21(22)23/h4-9,11-12,17,20,24,29,31H,10,13-16H2,1-3H3,(H,30,34)(H,32,33)/t20?,24-/m0/s1. The number of carboxylic acids is 1. The number of ether oxygens (including phenoxy) is 1. The number of rotatable bonds is 11. The zero-order valence-electron chi connectivity index (χ0n) is 20.4. The molecule has 7 nitrogen and oxygen atoms in total. The molecule has 0 bridgehead atoms. The Morgan fingerprint density at radius 2 is 1.80 bits per heavy atom. The fraction of sp³-hybridized carbons (Fsp3) is 0.407. The molecular formula is C27H34FN3O4. The largest absolute Gasteiger partial charge is 0.481 e. The lowest BCUT2D eigenvalue weighted by atomic mass is 9.98. The summed E-state index contributed by atoms with van der Waals surface area (Å²) in [6.45, 7) is 5.70. The van der Waals surface area contributed by atoms with Crippen molar-refractivity contribution in [3.63, 3.8) is 0 Å². The number of benzene rings is 2. The first-order valence-corrected chi connectivity index (χ1v) is 11.9. The average molecular weight is 484 g/mol. The van der Waals surface area contributed by atoms with Crippen LogP contribution in [0.1, 0.15) is 57.2 Å². The number of fused-ring (bicyclic) bond motifs is 1. The topological polar surface area (TPSA) is 103 Å². The molecule has 4 N–H and O–H groups in total. The number of aromatic amines is 1. The van der Waals surface area contributed by atoms with Crippen molar-refractivity contribution >= 4 is 23.0 Å². The maximum atomic E-state index is 13.3. The number of alkyl carbamates (subject to hydrolysis) is 1. The number of carbonyl (C=O) groups excluding carboxylic acids is 1. The quantitative estimate of drug-likeness (QED) is 0.295. The number of H-pyrrole nitrogens is 1. The van der Waals surface area contributed by atoms with E-state index < -0.39 is 17.7 Å². The number of aromatic nitrogens is 1. The fourth-order valence-electron chi connectivity index (χ4n) is 4.02. The van der Waals surface area contributed by atoms with Crippen molar-refractivity contribution in [2.24, 2.45) is 0 Å². The zero-order chi connectivity index (χ0) is 25.4. The SMILES string of the molecule is CC(C)(C)OC(=O)NCC(CCc1ccc(F)cc1)N[C@@H](CCC(=O)O)c1c[nH]c2ccccc12. The molecule has 0 aliphatic carbocycles. The van der Waals surface area contributed by atoms with E-state index in [0.29, 0.717) is 25.8 Å². The van der Waals surface area contributed by atoms with Crippen LogP contribution in [0.25, 0.3) is 10.9 Å². The molecule has 0 aliphatic heterocycles. The summed E-state index contributed by atoms with van der Waals surface area (Å²) >= 11 is 0. The second-order valence-electron chi connectivity index (χ2n) is 9.69. The van der Waals surface area contributed by atoms with Crippen molar-refractivity contribution in [2.75, 3.05) is 6.54 Å². The second-order valence-corrected chi connectivity index (χ2v) is 9.69. The zero-order valence-corrected chi connectivity index (χ0v) is 20.4. The molecule has 0 aliphatic rings. The number of aryl methyl sites for hydroxylation is 1. The lowest BCUT2D eigenvalue weighted by molar-refractivity contribution is -0.137. The van der Waals surface area contributed by atoms with Crippen LogP contribution in [0.4, 0.5) is 9.18 Å². The number of amides is 1. The third kappa shape index (κ3) is 8.40. The van der Waals surface area contributed by atoms with Gasteiger partial charge in [-0.15, -0.1) is 0 Å². The van der Waals surface area contributed by atoms with Crippen molar-refractivity contribution in [2.45, 2.75) is 64.1 Å². The first kappa shape index (κ1) is 26.2. The molecule has 1 amide bonds. The molecule has 0 spiro atoms. The minimum atomic E-state index is -0.869. The summed E-state index contributed by atoms with van der Waals surface area (Å²) < 4.78 is 18.7. The van der Waals surface area contributed by atoms with Gasteiger partial charge in [0.2, 0.25) is 0 Å². The normalized spacial score (nSPS) is 13.4. The second kappa shape index (κ2) is 11.8. The Morgan fingerprint density at radius 3 is 2.49 bits per heavy atom. The van der Waals surface area contributed by atoms with E-state index >= 15 is 0 Å². The summed E-state index contributed by atoms with van der Waals surface area (Å²) in [5.74, 6) is -1.16. The Hall–Kier alpha value is -3.39. The van der Waals surface area contributed by atoms with Gasteiger partial charge >= 0.3 is 12.1 Å². The molecule has 0 fully saturated rings. The highest BCUT2D eigenvalue weighted by Crippen LogP contribution is 2.28. The van der Waals surface area contributed by atoms with Crippen molar-refractivity contribution in [3.8, 4) is 0 Å². The van der Waals surface area contributed by atoms with Crippen molar-refractivity contribution in [3.05, 3.63) is 71.7 Å². The first-order chi connectivity index (χ1) is 16.6. The van der Waals surface area contributed by atoms with Gasteiger partial charge in [-0.3, -0.25) is 4.79 Å². The van der Waals surface area contributed by atoms with Gasteiger partial charge in [-0.25, -0.2) is 9.18 Å². The van der Waals surface area contributed by atoms with Crippen LogP contribution in [-0.2, 0) is 16.0 Å². The van der Waals surface area contributed by atoms with Crippen LogP contribution >= 0.6 is 0 Å². The van der Waals surface area contributed by atoms with Crippen molar-refractivity contribution in [1.82, 2.24) is 15.6 Å². The molecule has 1 aromatic heterocycles. The number of hydrogen-bond donors (Lipinski definition) is 4. The molecule has 0 radical (unpaired) electrons. The minimum absolute atomic E-state index is 0.00134. The van der Waals surface area contributed by atoms with Gasteiger partial charge in [0.05, 0.1) is 0 Å². The Morgan fingerprint density at radius 1 is 1.09 bits per heavy atom. The summed E-state index contributed by atoms with van der Waals surface area (Å²) in [5, 5.41) is 16.8. The van der Waals surface area contributed by atoms with Crippen molar-refractivity contribution < 1.29 is 23.8 Å². The van der Waals surface area contributed by atoms with E-state index in [1.54, 1.807) is 32.9 Å². The van der Waals surface area contributed by atoms with E-state index in [2.05, 4.69) is 15.6 Å². The molecule has 3 rings (SSSR count). The highest BCUT2D eigenvalue weighted by molar-refractivity contribution is 5.83. The molecule has 8 heteroatoms. The highest BCUT2D eigenvalue weighted by Gasteiger charge is 2.23. The van der Waals surface area contributed by atoms with E-state index in [-0.39, 0.29) is 24.3 Å². The van der Waals surface area contributed by atoms with Gasteiger partial charge in [0.25, 0.3) is 0 Å². The molecule has 2 atom stereocenters. The van der Waals surface area contributed by atoms with Gasteiger partial charge in [-0.1, -0.05) is 30.3 Å². The molecule has 0 saturated carbocycles. The third-order valence-electron chi connectivity index (χ3n) is 5.67. The number of halogens is 1. The van der Waals surface area contributed by atoms with Crippen LogP contribution in [0, 0.1) is 5.82 Å². The minimum Gasteiger partial charge on any atom is -0.481 e. The molecule has 3 aromatic rings. The maximum absolute atomic E-state index is 13.3. The van der Waals surface area contributed by atoms with Crippen LogP contribution in [0.3, 0.4) is 0 Å². The summed E-state index contributed by atoms with van der Waals surface area (Å²) in [5.41, 5.74) is 2.31. The van der Waals surface area contributed by atoms with Gasteiger partial charge in [0.1, 0.15) is 11.4 Å².